The predicted octanol–water partition coefficient (Wildman–Crippen LogP) is 1.74. The zero-order chi connectivity index (χ0) is 9.47. The number of aliphatic carboxylic acids is 1. The van der Waals surface area contributed by atoms with E-state index < -0.39 is 5.97 Å². The molecule has 1 saturated carbocycles. The highest BCUT2D eigenvalue weighted by molar-refractivity contribution is 9.18. The van der Waals surface area contributed by atoms with Gasteiger partial charge in [0, 0.05) is 12.8 Å². The summed E-state index contributed by atoms with van der Waals surface area (Å²) in [7, 11) is 0. The van der Waals surface area contributed by atoms with Gasteiger partial charge in [-0.05, 0) is 28.8 Å². The van der Waals surface area contributed by atoms with E-state index in [9.17, 15) is 4.79 Å². The highest BCUT2D eigenvalue weighted by Gasteiger charge is 2.47. The first-order valence-corrected chi connectivity index (χ1v) is 5.04. The van der Waals surface area contributed by atoms with E-state index >= 15 is 0 Å². The van der Waals surface area contributed by atoms with E-state index in [1.807, 2.05) is 0 Å². The third-order valence-electron chi connectivity index (χ3n) is 2.72. The normalized spacial score (nSPS) is 37.6. The largest absolute Gasteiger partial charge is 0.481 e. The topological polar surface area (TPSA) is 58.9 Å². The number of hydrogen-bond acceptors (Lipinski definition) is 3. The Hall–Kier alpha value is -0.580. The highest BCUT2D eigenvalue weighted by Crippen LogP contribution is 2.43. The standard InChI is InChI=1S/C8H10BrNO3/c9-6-4-8(13-10-6)2-1-5(3-8)7(11)12/h5H,1-4H2,(H,11,12). The fourth-order valence-electron chi connectivity index (χ4n) is 2.02. The molecular formula is C8H10BrNO3. The van der Waals surface area contributed by atoms with Crippen molar-refractivity contribution < 1.29 is 14.7 Å². The average molecular weight is 248 g/mol. The van der Waals surface area contributed by atoms with Crippen molar-refractivity contribution in [2.45, 2.75) is 31.3 Å². The highest BCUT2D eigenvalue weighted by atomic mass is 79.9. The molecule has 72 valence electrons. The van der Waals surface area contributed by atoms with E-state index in [1.54, 1.807) is 0 Å². The van der Waals surface area contributed by atoms with Crippen LogP contribution in [-0.2, 0) is 9.63 Å². The van der Waals surface area contributed by atoms with E-state index in [4.69, 9.17) is 9.94 Å². The molecule has 2 unspecified atom stereocenters. The summed E-state index contributed by atoms with van der Waals surface area (Å²) in [5.74, 6) is -0.975. The first kappa shape index (κ1) is 8.99. The molecule has 0 saturated heterocycles. The molecule has 5 heteroatoms. The maximum atomic E-state index is 10.7. The molecule has 0 aromatic rings. The Kier molecular flexibility index (Phi) is 2.06. The molecular weight excluding hydrogens is 238 g/mol. The Balaban J connectivity index is 2.02. The van der Waals surface area contributed by atoms with E-state index in [1.165, 1.54) is 0 Å². The number of hydrogen-bond donors (Lipinski definition) is 1. The van der Waals surface area contributed by atoms with Gasteiger partial charge in [0.05, 0.1) is 5.92 Å². The van der Waals surface area contributed by atoms with Crippen molar-refractivity contribution in [3.63, 3.8) is 0 Å². The third-order valence-corrected chi connectivity index (χ3v) is 3.15. The molecule has 4 nitrogen and oxygen atoms in total. The molecule has 1 fully saturated rings. The van der Waals surface area contributed by atoms with Crippen LogP contribution in [0.5, 0.6) is 0 Å². The zero-order valence-corrected chi connectivity index (χ0v) is 8.58. The second kappa shape index (κ2) is 2.97. The van der Waals surface area contributed by atoms with Gasteiger partial charge in [0.2, 0.25) is 0 Å². The molecule has 13 heavy (non-hydrogen) atoms. The van der Waals surface area contributed by atoms with E-state index in [2.05, 4.69) is 21.1 Å². The Morgan fingerprint density at radius 2 is 2.54 bits per heavy atom. The maximum Gasteiger partial charge on any atom is 0.306 e. The second-order valence-electron chi connectivity index (χ2n) is 3.70. The minimum Gasteiger partial charge on any atom is -0.481 e. The smallest absolute Gasteiger partial charge is 0.306 e. The van der Waals surface area contributed by atoms with Gasteiger partial charge in [-0.1, -0.05) is 5.16 Å². The van der Waals surface area contributed by atoms with Crippen LogP contribution in [0.4, 0.5) is 0 Å². The molecule has 0 radical (unpaired) electrons. The van der Waals surface area contributed by atoms with Crippen molar-refractivity contribution in [3.8, 4) is 0 Å². The van der Waals surface area contributed by atoms with Crippen molar-refractivity contribution in [1.29, 1.82) is 0 Å². The average Bonchev–Trinajstić information content (AvgIpc) is 2.61. The van der Waals surface area contributed by atoms with Crippen molar-refractivity contribution in [3.05, 3.63) is 0 Å². The molecule has 1 heterocycles. The quantitative estimate of drug-likeness (QED) is 0.768. The molecule has 2 rings (SSSR count). The number of carbonyl (C=O) groups is 1. The third kappa shape index (κ3) is 1.57. The number of carboxylic acids is 1. The fraction of sp³-hybridized carbons (Fsp3) is 0.750. The number of carboxylic acid groups (broad SMARTS) is 1. The molecule has 0 amide bonds. The zero-order valence-electron chi connectivity index (χ0n) is 6.99. The Labute approximate surface area is 84.1 Å². The van der Waals surface area contributed by atoms with Crippen LogP contribution >= 0.6 is 15.9 Å². The fourth-order valence-corrected chi connectivity index (χ4v) is 2.60. The molecule has 1 aliphatic heterocycles. The van der Waals surface area contributed by atoms with Crippen LogP contribution in [0, 0.1) is 5.92 Å². The van der Waals surface area contributed by atoms with Crippen LogP contribution in [0.3, 0.4) is 0 Å². The van der Waals surface area contributed by atoms with Crippen LogP contribution in [0.2, 0.25) is 0 Å². The van der Waals surface area contributed by atoms with Crippen LogP contribution in [0.25, 0.3) is 0 Å². The molecule has 0 aromatic carbocycles. The number of rotatable bonds is 1. The van der Waals surface area contributed by atoms with Gasteiger partial charge in [0.1, 0.15) is 10.2 Å². The molecule has 0 aromatic heterocycles. The first-order valence-electron chi connectivity index (χ1n) is 4.25. The van der Waals surface area contributed by atoms with Crippen molar-refractivity contribution in [2.75, 3.05) is 0 Å². The van der Waals surface area contributed by atoms with Gasteiger partial charge in [-0.3, -0.25) is 4.79 Å². The number of nitrogens with zero attached hydrogens (tertiary/aromatic N) is 1. The maximum absolute atomic E-state index is 10.7. The van der Waals surface area contributed by atoms with Gasteiger partial charge in [0.25, 0.3) is 0 Å². The molecule has 1 aliphatic carbocycles. The van der Waals surface area contributed by atoms with Crippen LogP contribution < -0.4 is 0 Å². The van der Waals surface area contributed by atoms with E-state index in [0.29, 0.717) is 12.8 Å². The SMILES string of the molecule is O=C(O)C1CCC2(CC(Br)=NO2)C1. The van der Waals surface area contributed by atoms with Gasteiger partial charge in [-0.2, -0.15) is 0 Å². The lowest BCUT2D eigenvalue weighted by Crippen LogP contribution is -2.25. The lowest BCUT2D eigenvalue weighted by Gasteiger charge is -2.19. The summed E-state index contributed by atoms with van der Waals surface area (Å²) in [6.07, 6.45) is 2.80. The van der Waals surface area contributed by atoms with E-state index in [-0.39, 0.29) is 11.5 Å². The van der Waals surface area contributed by atoms with Crippen molar-refractivity contribution in [1.82, 2.24) is 0 Å². The minimum absolute atomic E-state index is 0.256. The lowest BCUT2D eigenvalue weighted by atomic mass is 9.97. The Morgan fingerprint density at radius 1 is 1.77 bits per heavy atom. The molecule has 1 spiro atoms. The summed E-state index contributed by atoms with van der Waals surface area (Å²) < 4.78 is 0.790. The Morgan fingerprint density at radius 3 is 3.00 bits per heavy atom. The summed E-state index contributed by atoms with van der Waals surface area (Å²) in [6.45, 7) is 0. The Bertz CT molecular complexity index is 279. The van der Waals surface area contributed by atoms with Gasteiger partial charge < -0.3 is 9.94 Å². The summed E-state index contributed by atoms with van der Waals surface area (Å²) in [4.78, 5) is 16.0. The summed E-state index contributed by atoms with van der Waals surface area (Å²) in [6, 6.07) is 0. The lowest BCUT2D eigenvalue weighted by molar-refractivity contribution is -0.142. The number of halogens is 1. The summed E-state index contributed by atoms with van der Waals surface area (Å²) in [5.41, 5.74) is -0.318. The van der Waals surface area contributed by atoms with Gasteiger partial charge in [-0.25, -0.2) is 0 Å². The van der Waals surface area contributed by atoms with Gasteiger partial charge in [-0.15, -0.1) is 0 Å². The van der Waals surface area contributed by atoms with Gasteiger partial charge >= 0.3 is 5.97 Å². The van der Waals surface area contributed by atoms with Crippen molar-refractivity contribution >= 4 is 26.5 Å². The molecule has 0 bridgehead atoms. The minimum atomic E-state index is -0.719. The van der Waals surface area contributed by atoms with Crippen molar-refractivity contribution in [2.24, 2.45) is 11.1 Å². The molecule has 1 N–H and O–H groups in total. The van der Waals surface area contributed by atoms with Crippen LogP contribution in [-0.4, -0.2) is 21.3 Å². The summed E-state index contributed by atoms with van der Waals surface area (Å²) in [5, 5.41) is 12.6. The van der Waals surface area contributed by atoms with Gasteiger partial charge in [0.15, 0.2) is 0 Å². The van der Waals surface area contributed by atoms with Crippen LogP contribution in [0.15, 0.2) is 5.16 Å². The summed E-state index contributed by atoms with van der Waals surface area (Å²) >= 11 is 3.26. The predicted molar refractivity (Wildman–Crippen MR) is 49.8 cm³/mol. The number of oxime groups is 1. The first-order chi connectivity index (χ1) is 6.11. The molecule has 2 atom stereocenters. The van der Waals surface area contributed by atoms with Crippen LogP contribution in [0.1, 0.15) is 25.7 Å². The second-order valence-corrected chi connectivity index (χ2v) is 4.61. The molecule has 2 aliphatic rings. The monoisotopic (exact) mass is 247 g/mol. The van der Waals surface area contributed by atoms with E-state index in [0.717, 1.165) is 17.5 Å².